The third-order valence-corrected chi connectivity index (χ3v) is 2.12. The molecule has 0 bridgehead atoms. The van der Waals surface area contributed by atoms with Crippen molar-refractivity contribution in [2.45, 2.75) is 25.8 Å². The lowest BCUT2D eigenvalue weighted by Gasteiger charge is -2.10. The molecular formula is C12H15NO4. The summed E-state index contributed by atoms with van der Waals surface area (Å²) in [6, 6.07) is 3.30. The van der Waals surface area contributed by atoms with Gasteiger partial charge in [-0.05, 0) is 31.6 Å². The maximum Gasteiger partial charge on any atom is 0.303 e. The lowest BCUT2D eigenvalue weighted by atomic mass is 10.2. The number of carbonyl (C=O) groups excluding carboxylic acids is 1. The number of nitrogens with one attached hydrogen (secondary N) is 1. The number of carboxylic acid groups (broad SMARTS) is 1. The molecule has 1 amide bonds. The molecule has 0 saturated heterocycles. The smallest absolute Gasteiger partial charge is 0.303 e. The molecule has 0 aromatic carbocycles. The predicted octanol–water partition coefficient (Wildman–Crippen LogP) is 1.66. The fraction of sp³-hybridized carbons (Fsp3) is 0.333. The van der Waals surface area contributed by atoms with Gasteiger partial charge in [0, 0.05) is 18.5 Å². The summed E-state index contributed by atoms with van der Waals surface area (Å²) in [6.07, 6.45) is 4.89. The molecule has 5 nitrogen and oxygen atoms in total. The lowest BCUT2D eigenvalue weighted by molar-refractivity contribution is -0.137. The molecule has 0 radical (unpaired) electrons. The lowest BCUT2D eigenvalue weighted by Crippen LogP contribution is -2.31. The Morgan fingerprint density at radius 3 is 2.94 bits per heavy atom. The second kappa shape index (κ2) is 6.52. The highest BCUT2D eigenvalue weighted by molar-refractivity contribution is 5.91. The van der Waals surface area contributed by atoms with Crippen LogP contribution in [0.25, 0.3) is 6.08 Å². The zero-order valence-corrected chi connectivity index (χ0v) is 9.55. The van der Waals surface area contributed by atoms with Crippen LogP contribution in [0.2, 0.25) is 0 Å². The van der Waals surface area contributed by atoms with E-state index in [1.165, 1.54) is 12.3 Å². The van der Waals surface area contributed by atoms with E-state index in [-0.39, 0.29) is 18.4 Å². The van der Waals surface area contributed by atoms with Gasteiger partial charge in [0.2, 0.25) is 5.91 Å². The van der Waals surface area contributed by atoms with Gasteiger partial charge in [0.15, 0.2) is 0 Å². The number of carbonyl (C=O) groups is 2. The molecule has 0 aliphatic heterocycles. The highest BCUT2D eigenvalue weighted by Crippen LogP contribution is 2.02. The standard InChI is InChI=1S/C12H15NO4/c1-9(4-7-12(15)16)13-11(14)6-5-10-3-2-8-17-10/h2-3,5-6,8-9H,4,7H2,1H3,(H,13,14)(H,15,16). The number of aliphatic carboxylic acids is 1. The van der Waals surface area contributed by atoms with Gasteiger partial charge in [-0.1, -0.05) is 0 Å². The van der Waals surface area contributed by atoms with E-state index in [0.717, 1.165) is 0 Å². The maximum absolute atomic E-state index is 11.4. The van der Waals surface area contributed by atoms with Crippen LogP contribution in [0.15, 0.2) is 28.9 Å². The van der Waals surface area contributed by atoms with Gasteiger partial charge in [-0.3, -0.25) is 9.59 Å². The Balaban J connectivity index is 2.31. The summed E-state index contributed by atoms with van der Waals surface area (Å²) in [4.78, 5) is 21.7. The summed E-state index contributed by atoms with van der Waals surface area (Å²) < 4.78 is 5.02. The molecule has 2 N–H and O–H groups in total. The molecule has 0 saturated carbocycles. The molecule has 0 aliphatic rings. The van der Waals surface area contributed by atoms with Crippen molar-refractivity contribution in [3.63, 3.8) is 0 Å². The van der Waals surface area contributed by atoms with Crippen molar-refractivity contribution in [2.75, 3.05) is 0 Å². The Kier molecular flexibility index (Phi) is 5.00. The third-order valence-electron chi connectivity index (χ3n) is 2.12. The first kappa shape index (κ1) is 13.0. The SMILES string of the molecule is CC(CCC(=O)O)NC(=O)C=Cc1ccco1. The molecule has 0 fully saturated rings. The largest absolute Gasteiger partial charge is 0.481 e. The third kappa shape index (κ3) is 5.55. The van der Waals surface area contributed by atoms with E-state index in [2.05, 4.69) is 5.32 Å². The van der Waals surface area contributed by atoms with Crippen LogP contribution >= 0.6 is 0 Å². The first-order valence-electron chi connectivity index (χ1n) is 5.32. The van der Waals surface area contributed by atoms with Crippen molar-refractivity contribution in [1.29, 1.82) is 0 Å². The first-order valence-corrected chi connectivity index (χ1v) is 5.32. The van der Waals surface area contributed by atoms with Crippen LogP contribution in [0.4, 0.5) is 0 Å². The number of rotatable bonds is 6. The summed E-state index contributed by atoms with van der Waals surface area (Å²) in [5, 5.41) is 11.2. The molecule has 0 spiro atoms. The fourth-order valence-corrected chi connectivity index (χ4v) is 1.25. The quantitative estimate of drug-likeness (QED) is 0.737. The van der Waals surface area contributed by atoms with Crippen LogP contribution in [0.1, 0.15) is 25.5 Å². The van der Waals surface area contributed by atoms with Crippen molar-refractivity contribution in [3.05, 3.63) is 30.2 Å². The molecule has 1 aromatic heterocycles. The zero-order valence-electron chi connectivity index (χ0n) is 9.55. The van der Waals surface area contributed by atoms with E-state index in [0.29, 0.717) is 12.2 Å². The van der Waals surface area contributed by atoms with Crippen LogP contribution < -0.4 is 5.32 Å². The van der Waals surface area contributed by atoms with Gasteiger partial charge < -0.3 is 14.8 Å². The topological polar surface area (TPSA) is 79.5 Å². The zero-order chi connectivity index (χ0) is 12.7. The van der Waals surface area contributed by atoms with Gasteiger partial charge in [0.1, 0.15) is 5.76 Å². The molecular weight excluding hydrogens is 222 g/mol. The number of carboxylic acids is 1. The number of amides is 1. The molecule has 1 heterocycles. The Morgan fingerprint density at radius 2 is 2.35 bits per heavy atom. The van der Waals surface area contributed by atoms with Gasteiger partial charge in [0.25, 0.3) is 0 Å². The average Bonchev–Trinajstić information content (AvgIpc) is 2.76. The van der Waals surface area contributed by atoms with Crippen LogP contribution in [0, 0.1) is 0 Å². The molecule has 1 unspecified atom stereocenters. The highest BCUT2D eigenvalue weighted by Gasteiger charge is 2.06. The fourth-order valence-electron chi connectivity index (χ4n) is 1.25. The van der Waals surface area contributed by atoms with Gasteiger partial charge in [-0.15, -0.1) is 0 Å². The Bertz CT molecular complexity index is 395. The Labute approximate surface area is 99.1 Å². The normalized spacial score (nSPS) is 12.5. The predicted molar refractivity (Wildman–Crippen MR) is 62.2 cm³/mol. The van der Waals surface area contributed by atoms with Crippen molar-refractivity contribution in [3.8, 4) is 0 Å². The summed E-state index contributed by atoms with van der Waals surface area (Å²) >= 11 is 0. The highest BCUT2D eigenvalue weighted by atomic mass is 16.4. The minimum atomic E-state index is -0.864. The maximum atomic E-state index is 11.4. The van der Waals surface area contributed by atoms with E-state index in [9.17, 15) is 9.59 Å². The number of hydrogen-bond donors (Lipinski definition) is 2. The second-order valence-corrected chi connectivity index (χ2v) is 3.69. The molecule has 17 heavy (non-hydrogen) atoms. The Hall–Kier alpha value is -2.04. The summed E-state index contributed by atoms with van der Waals surface area (Å²) in [5.41, 5.74) is 0. The average molecular weight is 237 g/mol. The summed E-state index contributed by atoms with van der Waals surface area (Å²) in [7, 11) is 0. The molecule has 1 aromatic rings. The molecule has 1 atom stereocenters. The van der Waals surface area contributed by atoms with E-state index in [1.807, 2.05) is 0 Å². The van der Waals surface area contributed by atoms with E-state index >= 15 is 0 Å². The minimum Gasteiger partial charge on any atom is -0.481 e. The number of furan rings is 1. The summed E-state index contributed by atoms with van der Waals surface area (Å²) in [6.45, 7) is 1.77. The van der Waals surface area contributed by atoms with Crippen LogP contribution in [0.3, 0.4) is 0 Å². The van der Waals surface area contributed by atoms with Crippen LogP contribution in [0.5, 0.6) is 0 Å². The molecule has 5 heteroatoms. The van der Waals surface area contributed by atoms with Crippen LogP contribution in [-0.4, -0.2) is 23.0 Å². The molecule has 1 rings (SSSR count). The van der Waals surface area contributed by atoms with Gasteiger partial charge in [0.05, 0.1) is 6.26 Å². The van der Waals surface area contributed by atoms with Crippen molar-refractivity contribution in [1.82, 2.24) is 5.32 Å². The monoisotopic (exact) mass is 237 g/mol. The van der Waals surface area contributed by atoms with Crippen molar-refractivity contribution < 1.29 is 19.1 Å². The second-order valence-electron chi connectivity index (χ2n) is 3.69. The van der Waals surface area contributed by atoms with Crippen molar-refractivity contribution >= 4 is 18.0 Å². The van der Waals surface area contributed by atoms with E-state index in [1.54, 1.807) is 25.1 Å². The molecule has 92 valence electrons. The van der Waals surface area contributed by atoms with E-state index in [4.69, 9.17) is 9.52 Å². The Morgan fingerprint density at radius 1 is 1.59 bits per heavy atom. The van der Waals surface area contributed by atoms with Crippen molar-refractivity contribution in [2.24, 2.45) is 0 Å². The van der Waals surface area contributed by atoms with Gasteiger partial charge in [-0.25, -0.2) is 0 Å². The van der Waals surface area contributed by atoms with Gasteiger partial charge >= 0.3 is 5.97 Å². The molecule has 0 aliphatic carbocycles. The van der Waals surface area contributed by atoms with Gasteiger partial charge in [-0.2, -0.15) is 0 Å². The van der Waals surface area contributed by atoms with Crippen LogP contribution in [-0.2, 0) is 9.59 Å². The summed E-state index contributed by atoms with van der Waals surface area (Å²) in [5.74, 6) is -0.533. The first-order chi connectivity index (χ1) is 8.08. The minimum absolute atomic E-state index is 0.0450. The van der Waals surface area contributed by atoms with E-state index < -0.39 is 5.97 Å². The number of hydrogen-bond acceptors (Lipinski definition) is 3.